The molecule has 7 heteroatoms. The second kappa shape index (κ2) is 12.0. The van der Waals surface area contributed by atoms with Gasteiger partial charge in [-0.25, -0.2) is 0 Å². The van der Waals surface area contributed by atoms with E-state index in [1.54, 1.807) is 68.6 Å². The first-order valence-electron chi connectivity index (χ1n) is 10.8. The maximum Gasteiger partial charge on any atom is 0.251 e. The number of ether oxygens (including phenoxy) is 1. The lowest BCUT2D eigenvalue weighted by Gasteiger charge is -2.21. The summed E-state index contributed by atoms with van der Waals surface area (Å²) in [5.41, 5.74) is 2.06. The van der Waals surface area contributed by atoms with Gasteiger partial charge in [-0.3, -0.25) is 14.4 Å². The van der Waals surface area contributed by atoms with E-state index in [0.29, 0.717) is 11.3 Å². The topological polar surface area (TPSA) is 96.5 Å². The monoisotopic (exact) mass is 457 g/mol. The van der Waals surface area contributed by atoms with Gasteiger partial charge in [0, 0.05) is 11.8 Å². The summed E-state index contributed by atoms with van der Waals surface area (Å²) >= 11 is 0. The molecule has 0 heterocycles. The van der Waals surface area contributed by atoms with Crippen LogP contribution in [-0.2, 0) is 14.4 Å². The number of hydrogen-bond donors (Lipinski definition) is 3. The Morgan fingerprint density at radius 3 is 2.03 bits per heavy atom. The quantitative estimate of drug-likeness (QED) is 0.427. The Balaban J connectivity index is 1.63. The van der Waals surface area contributed by atoms with E-state index >= 15 is 0 Å². The molecule has 0 bridgehead atoms. The molecule has 2 atom stereocenters. The van der Waals surface area contributed by atoms with E-state index in [-0.39, 0.29) is 5.91 Å². The maximum atomic E-state index is 13.0. The van der Waals surface area contributed by atoms with Gasteiger partial charge in [0.15, 0.2) is 0 Å². The summed E-state index contributed by atoms with van der Waals surface area (Å²) < 4.78 is 5.11. The number of hydrogen-bond acceptors (Lipinski definition) is 4. The Bertz CT molecular complexity index is 1130. The largest absolute Gasteiger partial charge is 0.497 e. The lowest BCUT2D eigenvalue weighted by Crippen LogP contribution is -2.47. The number of nitrogens with one attached hydrogen (secondary N) is 3. The molecule has 0 spiro atoms. The number of methoxy groups -OCH3 is 1. The number of para-hydroxylation sites is 1. The molecule has 3 amide bonds. The predicted molar refractivity (Wildman–Crippen MR) is 132 cm³/mol. The van der Waals surface area contributed by atoms with Crippen LogP contribution < -0.4 is 20.7 Å². The molecule has 34 heavy (non-hydrogen) atoms. The Kier molecular flexibility index (Phi) is 8.57. The molecule has 3 aromatic carbocycles. The maximum absolute atomic E-state index is 13.0. The zero-order valence-electron chi connectivity index (χ0n) is 19.0. The van der Waals surface area contributed by atoms with Gasteiger partial charge in [0.25, 0.3) is 5.91 Å². The molecule has 0 aromatic heterocycles. The Labute approximate surface area is 198 Å². The second-order valence-electron chi connectivity index (χ2n) is 7.54. The van der Waals surface area contributed by atoms with Gasteiger partial charge < -0.3 is 20.7 Å². The molecule has 0 radical (unpaired) electrons. The number of carbonyl (C=O) groups is 3. The fourth-order valence-corrected chi connectivity index (χ4v) is 3.16. The molecule has 0 aliphatic heterocycles. The van der Waals surface area contributed by atoms with Gasteiger partial charge in [-0.2, -0.15) is 0 Å². The van der Waals surface area contributed by atoms with Gasteiger partial charge in [-0.05, 0) is 48.4 Å². The molecular weight excluding hydrogens is 430 g/mol. The predicted octanol–water partition coefficient (Wildman–Crippen LogP) is 3.71. The van der Waals surface area contributed by atoms with Crippen molar-refractivity contribution in [2.75, 3.05) is 12.4 Å². The molecule has 7 nitrogen and oxygen atoms in total. The summed E-state index contributed by atoms with van der Waals surface area (Å²) in [6, 6.07) is 23.3. The zero-order chi connectivity index (χ0) is 24.3. The summed E-state index contributed by atoms with van der Waals surface area (Å²) in [6.07, 6.45) is 2.99. The average molecular weight is 458 g/mol. The van der Waals surface area contributed by atoms with E-state index < -0.39 is 23.9 Å². The fourth-order valence-electron chi connectivity index (χ4n) is 3.16. The second-order valence-corrected chi connectivity index (χ2v) is 7.54. The Hall–Kier alpha value is -4.39. The summed E-state index contributed by atoms with van der Waals surface area (Å²) in [7, 11) is 1.58. The lowest BCUT2D eigenvalue weighted by molar-refractivity contribution is -0.129. The zero-order valence-corrected chi connectivity index (χ0v) is 19.0. The molecule has 2 unspecified atom stereocenters. The molecule has 3 N–H and O–H groups in total. The minimum Gasteiger partial charge on any atom is -0.497 e. The van der Waals surface area contributed by atoms with Gasteiger partial charge in [0.05, 0.1) is 7.11 Å². The van der Waals surface area contributed by atoms with E-state index in [2.05, 4.69) is 16.0 Å². The molecule has 0 saturated heterocycles. The van der Waals surface area contributed by atoms with Crippen LogP contribution in [0.4, 0.5) is 5.69 Å². The first-order valence-corrected chi connectivity index (χ1v) is 10.8. The van der Waals surface area contributed by atoms with E-state index in [4.69, 9.17) is 4.74 Å². The Morgan fingerprint density at radius 1 is 0.794 bits per heavy atom. The van der Waals surface area contributed by atoms with Crippen molar-refractivity contribution in [3.63, 3.8) is 0 Å². The van der Waals surface area contributed by atoms with E-state index in [9.17, 15) is 14.4 Å². The lowest BCUT2D eigenvalue weighted by atomic mass is 10.1. The van der Waals surface area contributed by atoms with Crippen molar-refractivity contribution in [1.82, 2.24) is 10.6 Å². The third-order valence-electron chi connectivity index (χ3n) is 5.02. The van der Waals surface area contributed by atoms with Crippen molar-refractivity contribution in [2.45, 2.75) is 19.0 Å². The molecule has 3 aromatic rings. The molecule has 0 aliphatic rings. The number of benzene rings is 3. The van der Waals surface area contributed by atoms with Crippen LogP contribution in [0.25, 0.3) is 6.08 Å². The number of anilines is 1. The average Bonchev–Trinajstić information content (AvgIpc) is 2.87. The third kappa shape index (κ3) is 7.06. The smallest absolute Gasteiger partial charge is 0.251 e. The molecule has 3 rings (SSSR count). The van der Waals surface area contributed by atoms with Crippen LogP contribution in [0.5, 0.6) is 5.75 Å². The van der Waals surface area contributed by atoms with Crippen molar-refractivity contribution in [3.05, 3.63) is 102 Å². The van der Waals surface area contributed by atoms with Crippen LogP contribution in [0.3, 0.4) is 0 Å². The van der Waals surface area contributed by atoms with Gasteiger partial charge in [-0.15, -0.1) is 0 Å². The normalized spacial score (nSPS) is 12.4. The third-order valence-corrected chi connectivity index (χ3v) is 5.02. The van der Waals surface area contributed by atoms with Crippen LogP contribution in [0.1, 0.15) is 24.1 Å². The molecule has 0 fully saturated rings. The minimum absolute atomic E-state index is 0.385. The van der Waals surface area contributed by atoms with E-state index in [1.807, 2.05) is 36.4 Å². The van der Waals surface area contributed by atoms with Crippen LogP contribution in [0, 0.1) is 0 Å². The van der Waals surface area contributed by atoms with Crippen molar-refractivity contribution < 1.29 is 19.1 Å². The van der Waals surface area contributed by atoms with Gasteiger partial charge in [0.1, 0.15) is 17.8 Å². The number of amides is 3. The Morgan fingerprint density at radius 2 is 1.41 bits per heavy atom. The van der Waals surface area contributed by atoms with E-state index in [1.165, 1.54) is 6.08 Å². The standard InChI is InChI=1S/C27H27N3O4/c1-19(28-24(31)18-15-20-13-16-23(34-2)17-14-20)26(32)30-25(21-9-5-3-6-10-21)27(33)29-22-11-7-4-8-12-22/h3-19,25H,1-2H3,(H,28,31)(H,29,33)(H,30,32). The van der Waals surface area contributed by atoms with Crippen LogP contribution in [0.2, 0.25) is 0 Å². The van der Waals surface area contributed by atoms with E-state index in [0.717, 1.165) is 11.3 Å². The molecular formula is C27H27N3O4. The summed E-state index contributed by atoms with van der Waals surface area (Å²) in [4.78, 5) is 38.1. The van der Waals surface area contributed by atoms with Crippen molar-refractivity contribution in [1.29, 1.82) is 0 Å². The highest BCUT2D eigenvalue weighted by atomic mass is 16.5. The van der Waals surface area contributed by atoms with Gasteiger partial charge >= 0.3 is 0 Å². The first-order chi connectivity index (χ1) is 16.5. The highest BCUT2D eigenvalue weighted by Gasteiger charge is 2.25. The van der Waals surface area contributed by atoms with Crippen LogP contribution >= 0.6 is 0 Å². The fraction of sp³-hybridized carbons (Fsp3) is 0.148. The SMILES string of the molecule is COc1ccc(C=CC(=O)NC(C)C(=O)NC(C(=O)Nc2ccccc2)c2ccccc2)cc1. The van der Waals surface area contributed by atoms with Crippen LogP contribution in [-0.4, -0.2) is 30.9 Å². The van der Waals surface area contributed by atoms with Crippen LogP contribution in [0.15, 0.2) is 91.0 Å². The molecule has 174 valence electrons. The minimum atomic E-state index is -0.928. The summed E-state index contributed by atoms with van der Waals surface area (Å²) in [5.74, 6) is -0.577. The van der Waals surface area contributed by atoms with Gasteiger partial charge in [0.2, 0.25) is 11.8 Å². The molecule has 0 aliphatic carbocycles. The highest BCUT2D eigenvalue weighted by molar-refractivity contribution is 6.00. The summed E-state index contributed by atoms with van der Waals surface area (Å²) in [5, 5.41) is 8.18. The van der Waals surface area contributed by atoms with Crippen molar-refractivity contribution >= 4 is 29.5 Å². The number of rotatable bonds is 9. The summed E-state index contributed by atoms with van der Waals surface area (Å²) in [6.45, 7) is 1.56. The number of carbonyl (C=O) groups excluding carboxylic acids is 3. The molecule has 0 saturated carbocycles. The van der Waals surface area contributed by atoms with Gasteiger partial charge in [-0.1, -0.05) is 60.7 Å². The van der Waals surface area contributed by atoms with Crippen molar-refractivity contribution in [3.8, 4) is 5.75 Å². The highest BCUT2D eigenvalue weighted by Crippen LogP contribution is 2.16. The first kappa shape index (κ1) is 24.3. The van der Waals surface area contributed by atoms with Crippen molar-refractivity contribution in [2.24, 2.45) is 0 Å².